The second-order valence-corrected chi connectivity index (χ2v) is 5.70. The van der Waals surface area contributed by atoms with Crippen molar-refractivity contribution in [1.82, 2.24) is 5.32 Å². The highest BCUT2D eigenvalue weighted by Gasteiger charge is 2.37. The van der Waals surface area contributed by atoms with Gasteiger partial charge in [-0.25, -0.2) is 4.39 Å². The summed E-state index contributed by atoms with van der Waals surface area (Å²) in [6, 6.07) is 2.67. The van der Waals surface area contributed by atoms with Crippen LogP contribution in [0.5, 0.6) is 0 Å². The van der Waals surface area contributed by atoms with Crippen LogP contribution < -0.4 is 5.32 Å². The molecule has 0 bridgehead atoms. The summed E-state index contributed by atoms with van der Waals surface area (Å²) < 4.78 is 50.9. The van der Waals surface area contributed by atoms with Crippen LogP contribution in [0.1, 0.15) is 37.8 Å². The lowest BCUT2D eigenvalue weighted by Gasteiger charge is -2.26. The van der Waals surface area contributed by atoms with Crippen LogP contribution in [-0.2, 0) is 12.7 Å². The third-order valence-corrected chi connectivity index (χ3v) is 3.63. The number of halogens is 4. The fourth-order valence-corrected chi connectivity index (χ4v) is 2.20. The Morgan fingerprint density at radius 1 is 1.16 bits per heavy atom. The van der Waals surface area contributed by atoms with Gasteiger partial charge in [0.05, 0.1) is 5.56 Å². The van der Waals surface area contributed by atoms with Crippen LogP contribution >= 0.6 is 0 Å². The molecule has 1 aliphatic rings. The maximum Gasteiger partial charge on any atom is 0.416 e. The molecular weight excluding hydrogens is 258 g/mol. The van der Waals surface area contributed by atoms with E-state index in [1.165, 1.54) is 0 Å². The normalized spacial score (nSPS) is 16.7. The summed E-state index contributed by atoms with van der Waals surface area (Å²) in [5.41, 5.74) is -0.736. The van der Waals surface area contributed by atoms with Crippen molar-refractivity contribution in [2.75, 3.05) is 0 Å². The molecule has 0 amide bonds. The Morgan fingerprint density at radius 2 is 1.79 bits per heavy atom. The number of rotatable bonds is 4. The summed E-state index contributed by atoms with van der Waals surface area (Å²) in [7, 11) is 0. The first-order valence-corrected chi connectivity index (χ1v) is 6.30. The fraction of sp³-hybridized carbons (Fsp3) is 0.571. The average Bonchev–Trinajstić information content (AvgIpc) is 3.08. The van der Waals surface area contributed by atoms with Gasteiger partial charge < -0.3 is 5.32 Å². The van der Waals surface area contributed by atoms with Crippen molar-refractivity contribution in [3.05, 3.63) is 35.1 Å². The van der Waals surface area contributed by atoms with Crippen molar-refractivity contribution in [2.45, 2.75) is 44.9 Å². The monoisotopic (exact) mass is 275 g/mol. The summed E-state index contributed by atoms with van der Waals surface area (Å²) in [6.45, 7) is 4.29. The zero-order valence-corrected chi connectivity index (χ0v) is 10.9. The SMILES string of the molecule is CC(C)(NCc1cc(F)cc(C(F)(F)F)c1)C1CC1. The molecule has 0 spiro atoms. The topological polar surface area (TPSA) is 12.0 Å². The van der Waals surface area contributed by atoms with E-state index in [1.807, 2.05) is 13.8 Å². The van der Waals surface area contributed by atoms with Crippen LogP contribution in [-0.4, -0.2) is 5.54 Å². The predicted molar refractivity (Wildman–Crippen MR) is 65.0 cm³/mol. The van der Waals surface area contributed by atoms with Crippen LogP contribution in [0.2, 0.25) is 0 Å². The minimum Gasteiger partial charge on any atom is -0.307 e. The first-order valence-electron chi connectivity index (χ1n) is 6.30. The van der Waals surface area contributed by atoms with Gasteiger partial charge in [0.2, 0.25) is 0 Å². The van der Waals surface area contributed by atoms with Gasteiger partial charge >= 0.3 is 6.18 Å². The quantitative estimate of drug-likeness (QED) is 0.815. The molecule has 0 saturated heterocycles. The van der Waals surface area contributed by atoms with E-state index in [0.29, 0.717) is 17.5 Å². The molecule has 106 valence electrons. The van der Waals surface area contributed by atoms with Crippen LogP contribution in [0.3, 0.4) is 0 Å². The molecule has 19 heavy (non-hydrogen) atoms. The van der Waals surface area contributed by atoms with Gasteiger partial charge in [0, 0.05) is 12.1 Å². The van der Waals surface area contributed by atoms with Gasteiger partial charge in [0.15, 0.2) is 0 Å². The van der Waals surface area contributed by atoms with E-state index in [4.69, 9.17) is 0 Å². The van der Waals surface area contributed by atoms with Gasteiger partial charge in [-0.15, -0.1) is 0 Å². The Balaban J connectivity index is 2.10. The van der Waals surface area contributed by atoms with Crippen molar-refractivity contribution in [2.24, 2.45) is 5.92 Å². The molecule has 0 atom stereocenters. The minimum atomic E-state index is -4.51. The Hall–Kier alpha value is -1.10. The number of benzene rings is 1. The molecule has 1 aliphatic carbocycles. The maximum atomic E-state index is 13.2. The first-order chi connectivity index (χ1) is 8.68. The van der Waals surface area contributed by atoms with E-state index >= 15 is 0 Å². The van der Waals surface area contributed by atoms with E-state index in [9.17, 15) is 17.6 Å². The Labute approximate surface area is 110 Å². The van der Waals surface area contributed by atoms with Crippen molar-refractivity contribution >= 4 is 0 Å². The van der Waals surface area contributed by atoms with E-state index in [1.54, 1.807) is 0 Å². The molecule has 2 rings (SSSR count). The van der Waals surface area contributed by atoms with Gasteiger partial charge in [-0.1, -0.05) is 0 Å². The molecule has 1 N–H and O–H groups in total. The Bertz CT molecular complexity index is 461. The molecule has 0 aromatic heterocycles. The van der Waals surface area contributed by atoms with Crippen LogP contribution in [0.25, 0.3) is 0 Å². The molecule has 1 nitrogen and oxygen atoms in total. The molecule has 0 unspecified atom stereocenters. The second-order valence-electron chi connectivity index (χ2n) is 5.70. The molecule has 5 heteroatoms. The third kappa shape index (κ3) is 3.69. The van der Waals surface area contributed by atoms with Crippen molar-refractivity contribution in [1.29, 1.82) is 0 Å². The van der Waals surface area contributed by atoms with Crippen LogP contribution in [0.15, 0.2) is 18.2 Å². The molecule has 1 aromatic carbocycles. The highest BCUT2D eigenvalue weighted by atomic mass is 19.4. The molecule has 1 saturated carbocycles. The number of alkyl halides is 3. The maximum absolute atomic E-state index is 13.2. The van der Waals surface area contributed by atoms with Gasteiger partial charge in [0.1, 0.15) is 5.82 Å². The van der Waals surface area contributed by atoms with E-state index in [2.05, 4.69) is 5.32 Å². The summed E-state index contributed by atoms with van der Waals surface area (Å²) in [6.07, 6.45) is -2.24. The molecular formula is C14H17F4N. The number of nitrogens with one attached hydrogen (secondary N) is 1. The van der Waals surface area contributed by atoms with E-state index in [0.717, 1.165) is 25.0 Å². The largest absolute Gasteiger partial charge is 0.416 e. The van der Waals surface area contributed by atoms with Crippen molar-refractivity contribution in [3.8, 4) is 0 Å². The fourth-order valence-electron chi connectivity index (χ4n) is 2.20. The number of hydrogen-bond donors (Lipinski definition) is 1. The van der Waals surface area contributed by atoms with Crippen molar-refractivity contribution in [3.63, 3.8) is 0 Å². The van der Waals surface area contributed by atoms with Crippen LogP contribution in [0, 0.1) is 11.7 Å². The average molecular weight is 275 g/mol. The molecule has 1 fully saturated rings. The summed E-state index contributed by atoms with van der Waals surface area (Å²) >= 11 is 0. The summed E-state index contributed by atoms with van der Waals surface area (Å²) in [5.74, 6) is -0.293. The lowest BCUT2D eigenvalue weighted by Crippen LogP contribution is -2.40. The summed E-state index contributed by atoms with van der Waals surface area (Å²) in [5, 5.41) is 3.21. The van der Waals surface area contributed by atoms with Gasteiger partial charge in [-0.2, -0.15) is 13.2 Å². The van der Waals surface area contributed by atoms with E-state index in [-0.39, 0.29) is 12.1 Å². The highest BCUT2D eigenvalue weighted by Crippen LogP contribution is 2.39. The van der Waals surface area contributed by atoms with Crippen LogP contribution in [0.4, 0.5) is 17.6 Å². The Kier molecular flexibility index (Phi) is 3.60. The first kappa shape index (κ1) is 14.3. The van der Waals surface area contributed by atoms with Gasteiger partial charge in [-0.05, 0) is 56.4 Å². The predicted octanol–water partition coefficient (Wildman–Crippen LogP) is 4.12. The molecule has 0 heterocycles. The lowest BCUT2D eigenvalue weighted by atomic mass is 9.98. The zero-order chi connectivity index (χ0) is 14.3. The number of hydrogen-bond acceptors (Lipinski definition) is 1. The molecule has 1 aromatic rings. The minimum absolute atomic E-state index is 0.120. The molecule has 0 aliphatic heterocycles. The highest BCUT2D eigenvalue weighted by molar-refractivity contribution is 5.27. The molecule has 0 radical (unpaired) electrons. The van der Waals surface area contributed by atoms with Gasteiger partial charge in [-0.3, -0.25) is 0 Å². The van der Waals surface area contributed by atoms with Gasteiger partial charge in [0.25, 0.3) is 0 Å². The standard InChI is InChI=1S/C14H17F4N/c1-13(2,10-3-4-10)19-8-9-5-11(14(16,17)18)7-12(15)6-9/h5-7,10,19H,3-4,8H2,1-2H3. The Morgan fingerprint density at radius 3 is 2.32 bits per heavy atom. The summed E-state index contributed by atoms with van der Waals surface area (Å²) in [4.78, 5) is 0. The van der Waals surface area contributed by atoms with E-state index < -0.39 is 17.6 Å². The zero-order valence-electron chi connectivity index (χ0n) is 10.9. The lowest BCUT2D eigenvalue weighted by molar-refractivity contribution is -0.137. The second kappa shape index (κ2) is 4.78. The third-order valence-electron chi connectivity index (χ3n) is 3.63. The van der Waals surface area contributed by atoms with Crippen molar-refractivity contribution < 1.29 is 17.6 Å². The smallest absolute Gasteiger partial charge is 0.307 e.